The number of carbonyl (C=O) groups excluding carboxylic acids is 2. The number of amides is 2. The Labute approximate surface area is 184 Å². The van der Waals surface area contributed by atoms with E-state index in [1.165, 1.54) is 0 Å². The molecule has 1 aliphatic rings. The minimum Gasteiger partial charge on any atom is -0.493 e. The molecule has 1 heterocycles. The summed E-state index contributed by atoms with van der Waals surface area (Å²) < 4.78 is 11.4. The van der Waals surface area contributed by atoms with Crippen LogP contribution >= 0.6 is 0 Å². The minimum atomic E-state index is -0.0403. The van der Waals surface area contributed by atoms with Gasteiger partial charge < -0.3 is 19.3 Å². The van der Waals surface area contributed by atoms with E-state index in [0.29, 0.717) is 51.4 Å². The van der Waals surface area contributed by atoms with Gasteiger partial charge in [0.15, 0.2) is 6.61 Å². The van der Waals surface area contributed by atoms with Gasteiger partial charge in [-0.25, -0.2) is 0 Å². The molecule has 2 aromatic rings. The van der Waals surface area contributed by atoms with Gasteiger partial charge in [0.05, 0.1) is 6.61 Å². The lowest BCUT2D eigenvalue weighted by molar-refractivity contribution is -0.134. The predicted octanol–water partition coefficient (Wildman–Crippen LogP) is 3.60. The molecular formula is C25H32N2O4. The minimum absolute atomic E-state index is 0.0211. The van der Waals surface area contributed by atoms with Gasteiger partial charge >= 0.3 is 0 Å². The van der Waals surface area contributed by atoms with E-state index < -0.39 is 0 Å². The zero-order chi connectivity index (χ0) is 22.1. The van der Waals surface area contributed by atoms with Gasteiger partial charge in [-0.15, -0.1) is 0 Å². The molecule has 0 N–H and O–H groups in total. The largest absolute Gasteiger partial charge is 0.493 e. The molecule has 3 rings (SSSR count). The van der Waals surface area contributed by atoms with Crippen molar-refractivity contribution in [2.45, 2.75) is 33.1 Å². The van der Waals surface area contributed by atoms with Crippen LogP contribution in [0.1, 0.15) is 30.4 Å². The maximum atomic E-state index is 12.6. The first-order chi connectivity index (χ1) is 15.0. The van der Waals surface area contributed by atoms with Crippen LogP contribution < -0.4 is 9.47 Å². The highest BCUT2D eigenvalue weighted by Crippen LogP contribution is 2.17. The number of hydrogen-bond acceptors (Lipinski definition) is 4. The van der Waals surface area contributed by atoms with Gasteiger partial charge in [-0.2, -0.15) is 0 Å². The van der Waals surface area contributed by atoms with Crippen LogP contribution in [0.5, 0.6) is 11.5 Å². The monoisotopic (exact) mass is 424 g/mol. The molecular weight excluding hydrogens is 392 g/mol. The highest BCUT2D eigenvalue weighted by atomic mass is 16.5. The summed E-state index contributed by atoms with van der Waals surface area (Å²) in [4.78, 5) is 28.8. The lowest BCUT2D eigenvalue weighted by Crippen LogP contribution is -2.39. The van der Waals surface area contributed by atoms with Crippen molar-refractivity contribution < 1.29 is 19.1 Å². The summed E-state index contributed by atoms with van der Waals surface area (Å²) in [6.07, 6.45) is 1.91. The molecule has 0 aliphatic carbocycles. The third-order valence-corrected chi connectivity index (χ3v) is 5.47. The van der Waals surface area contributed by atoms with Crippen molar-refractivity contribution in [3.8, 4) is 11.5 Å². The van der Waals surface area contributed by atoms with E-state index >= 15 is 0 Å². The molecule has 31 heavy (non-hydrogen) atoms. The van der Waals surface area contributed by atoms with E-state index in [1.54, 1.807) is 4.90 Å². The summed E-state index contributed by atoms with van der Waals surface area (Å²) in [7, 11) is 0. The number of ether oxygens (including phenoxy) is 2. The summed E-state index contributed by atoms with van der Waals surface area (Å²) in [6.45, 7) is 7.00. The maximum Gasteiger partial charge on any atom is 0.260 e. The van der Waals surface area contributed by atoms with Gasteiger partial charge in [-0.05, 0) is 50.5 Å². The maximum absolute atomic E-state index is 12.6. The number of carbonyl (C=O) groups is 2. The second-order valence-electron chi connectivity index (χ2n) is 7.93. The summed E-state index contributed by atoms with van der Waals surface area (Å²) in [5.41, 5.74) is 2.25. The second kappa shape index (κ2) is 11.4. The number of para-hydroxylation sites is 1. The third-order valence-electron chi connectivity index (χ3n) is 5.47. The summed E-state index contributed by atoms with van der Waals surface area (Å²) in [6, 6.07) is 15.5. The van der Waals surface area contributed by atoms with Crippen molar-refractivity contribution >= 4 is 11.8 Å². The highest BCUT2D eigenvalue weighted by molar-refractivity contribution is 5.78. The number of rotatable bonds is 8. The summed E-state index contributed by atoms with van der Waals surface area (Å²) in [5, 5.41) is 0. The topological polar surface area (TPSA) is 59.1 Å². The van der Waals surface area contributed by atoms with Crippen LogP contribution in [0.15, 0.2) is 48.5 Å². The van der Waals surface area contributed by atoms with Crippen LogP contribution in [0, 0.1) is 13.8 Å². The number of benzene rings is 2. The van der Waals surface area contributed by atoms with Gasteiger partial charge in [0, 0.05) is 32.6 Å². The molecule has 0 atom stereocenters. The first-order valence-corrected chi connectivity index (χ1v) is 11.0. The van der Waals surface area contributed by atoms with Crippen LogP contribution in [-0.2, 0) is 9.59 Å². The van der Waals surface area contributed by atoms with Gasteiger partial charge in [0.1, 0.15) is 11.5 Å². The van der Waals surface area contributed by atoms with E-state index in [2.05, 4.69) is 0 Å². The number of aryl methyl sites for hydroxylation is 2. The highest BCUT2D eigenvalue weighted by Gasteiger charge is 2.22. The normalized spacial score (nSPS) is 14.1. The number of nitrogens with zero attached hydrogens (tertiary/aromatic N) is 2. The Morgan fingerprint density at radius 2 is 1.52 bits per heavy atom. The average molecular weight is 425 g/mol. The Kier molecular flexibility index (Phi) is 8.33. The fourth-order valence-corrected chi connectivity index (χ4v) is 3.57. The van der Waals surface area contributed by atoms with Crippen LogP contribution in [-0.4, -0.2) is 61.0 Å². The standard InChI is InChI=1S/C25H32N2O4/c1-20-10-12-22(13-11-20)31-19-25(29)27-15-6-14-26(16-17-27)24(28)9-5-18-30-23-8-4-3-7-21(23)2/h3-4,7-8,10-13H,5-6,9,14-19H2,1-2H3. The van der Waals surface area contributed by atoms with E-state index in [1.807, 2.05) is 67.3 Å². The summed E-state index contributed by atoms with van der Waals surface area (Å²) >= 11 is 0. The van der Waals surface area contributed by atoms with Crippen molar-refractivity contribution in [2.24, 2.45) is 0 Å². The molecule has 166 valence electrons. The Morgan fingerprint density at radius 3 is 2.23 bits per heavy atom. The zero-order valence-corrected chi connectivity index (χ0v) is 18.5. The predicted molar refractivity (Wildman–Crippen MR) is 120 cm³/mol. The quantitative estimate of drug-likeness (QED) is 0.608. The van der Waals surface area contributed by atoms with Crippen molar-refractivity contribution in [2.75, 3.05) is 39.4 Å². The Hall–Kier alpha value is -3.02. The van der Waals surface area contributed by atoms with E-state index in [0.717, 1.165) is 23.3 Å². The van der Waals surface area contributed by atoms with Crippen LogP contribution in [0.2, 0.25) is 0 Å². The molecule has 6 nitrogen and oxygen atoms in total. The molecule has 1 saturated heterocycles. The smallest absolute Gasteiger partial charge is 0.260 e. The van der Waals surface area contributed by atoms with Gasteiger partial charge in [-0.3, -0.25) is 9.59 Å². The molecule has 6 heteroatoms. The Bertz CT molecular complexity index is 866. The average Bonchev–Trinajstić information content (AvgIpc) is 3.03. The van der Waals surface area contributed by atoms with Crippen LogP contribution in [0.4, 0.5) is 0 Å². The van der Waals surface area contributed by atoms with Crippen LogP contribution in [0.3, 0.4) is 0 Å². The van der Waals surface area contributed by atoms with Crippen molar-refractivity contribution in [3.05, 3.63) is 59.7 Å². The first-order valence-electron chi connectivity index (χ1n) is 11.0. The lowest BCUT2D eigenvalue weighted by atomic mass is 10.2. The van der Waals surface area contributed by atoms with E-state index in [-0.39, 0.29) is 18.4 Å². The lowest BCUT2D eigenvalue weighted by Gasteiger charge is -2.22. The Balaban J connectivity index is 1.37. The van der Waals surface area contributed by atoms with Gasteiger partial charge in [0.25, 0.3) is 5.91 Å². The van der Waals surface area contributed by atoms with E-state index in [9.17, 15) is 9.59 Å². The summed E-state index contributed by atoms with van der Waals surface area (Å²) in [5.74, 6) is 1.64. The van der Waals surface area contributed by atoms with Crippen molar-refractivity contribution in [3.63, 3.8) is 0 Å². The fourth-order valence-electron chi connectivity index (χ4n) is 3.57. The molecule has 2 aromatic carbocycles. The van der Waals surface area contributed by atoms with Crippen molar-refractivity contribution in [1.82, 2.24) is 9.80 Å². The molecule has 1 fully saturated rings. The third kappa shape index (κ3) is 7.02. The molecule has 0 saturated carbocycles. The zero-order valence-electron chi connectivity index (χ0n) is 18.5. The molecule has 0 unspecified atom stereocenters. The van der Waals surface area contributed by atoms with Gasteiger partial charge in [0.2, 0.25) is 5.91 Å². The van der Waals surface area contributed by atoms with Crippen molar-refractivity contribution in [1.29, 1.82) is 0 Å². The molecule has 0 radical (unpaired) electrons. The van der Waals surface area contributed by atoms with Gasteiger partial charge in [-0.1, -0.05) is 35.9 Å². The molecule has 0 spiro atoms. The SMILES string of the molecule is Cc1ccc(OCC(=O)N2CCCN(C(=O)CCCOc3ccccc3C)CC2)cc1. The second-order valence-corrected chi connectivity index (χ2v) is 7.93. The molecule has 0 bridgehead atoms. The van der Waals surface area contributed by atoms with E-state index in [4.69, 9.17) is 9.47 Å². The first kappa shape index (κ1) is 22.7. The molecule has 1 aliphatic heterocycles. The number of hydrogen-bond donors (Lipinski definition) is 0. The van der Waals surface area contributed by atoms with Crippen LogP contribution in [0.25, 0.3) is 0 Å². The molecule has 2 amide bonds. The fraction of sp³-hybridized carbons (Fsp3) is 0.440. The molecule has 0 aromatic heterocycles. The Morgan fingerprint density at radius 1 is 0.839 bits per heavy atom.